The van der Waals surface area contributed by atoms with Crippen LogP contribution in [0.4, 0.5) is 0 Å². The summed E-state index contributed by atoms with van der Waals surface area (Å²) in [4.78, 5) is 0. The van der Waals surface area contributed by atoms with Gasteiger partial charge in [-0.2, -0.15) is 4.31 Å². The summed E-state index contributed by atoms with van der Waals surface area (Å²) in [5, 5.41) is 3.13. The molecule has 1 N–H and O–H groups in total. The topological polar surface area (TPSA) is 49.4 Å². The van der Waals surface area contributed by atoms with Crippen LogP contribution in [0.3, 0.4) is 0 Å². The van der Waals surface area contributed by atoms with Gasteiger partial charge in [-0.05, 0) is 25.0 Å². The molecule has 0 saturated carbocycles. The Hall–Kier alpha value is -0.910. The average molecular weight is 280 g/mol. The van der Waals surface area contributed by atoms with Gasteiger partial charge in [-0.3, -0.25) is 0 Å². The lowest BCUT2D eigenvalue weighted by Gasteiger charge is -2.28. The Morgan fingerprint density at radius 3 is 2.74 bits per heavy atom. The van der Waals surface area contributed by atoms with Crippen molar-refractivity contribution in [3.05, 3.63) is 35.4 Å². The third-order valence-electron chi connectivity index (χ3n) is 4.25. The molecule has 5 heteroatoms. The molecule has 4 nitrogen and oxygen atoms in total. The molecule has 0 spiro atoms. The van der Waals surface area contributed by atoms with Gasteiger partial charge in [-0.1, -0.05) is 24.3 Å². The number of sulfonamides is 1. The number of benzene rings is 1. The molecule has 0 aromatic heterocycles. The van der Waals surface area contributed by atoms with Crippen LogP contribution < -0.4 is 5.32 Å². The van der Waals surface area contributed by atoms with Crippen molar-refractivity contribution >= 4 is 10.0 Å². The van der Waals surface area contributed by atoms with E-state index in [1.54, 1.807) is 18.2 Å². The highest BCUT2D eigenvalue weighted by Gasteiger charge is 2.42. The van der Waals surface area contributed by atoms with Gasteiger partial charge < -0.3 is 5.32 Å². The van der Waals surface area contributed by atoms with Crippen LogP contribution in [0.15, 0.2) is 24.3 Å². The van der Waals surface area contributed by atoms with Crippen molar-refractivity contribution in [3.8, 4) is 0 Å². The van der Waals surface area contributed by atoms with E-state index in [0.717, 1.165) is 6.54 Å². The molecule has 0 radical (unpaired) electrons. The zero-order chi connectivity index (χ0) is 13.6. The van der Waals surface area contributed by atoms with Crippen molar-refractivity contribution < 1.29 is 8.42 Å². The largest absolute Gasteiger partial charge is 0.308 e. The van der Waals surface area contributed by atoms with E-state index in [0.29, 0.717) is 19.0 Å². The van der Waals surface area contributed by atoms with Crippen molar-refractivity contribution in [1.82, 2.24) is 9.62 Å². The first-order valence-electron chi connectivity index (χ1n) is 6.80. The van der Waals surface area contributed by atoms with Crippen LogP contribution in [0.5, 0.6) is 0 Å². The van der Waals surface area contributed by atoms with Crippen molar-refractivity contribution in [2.75, 3.05) is 13.1 Å². The van der Waals surface area contributed by atoms with Gasteiger partial charge in [0.2, 0.25) is 10.0 Å². The van der Waals surface area contributed by atoms with Crippen LogP contribution in [0.1, 0.15) is 30.9 Å². The standard InChI is InChI=1S/C14H20N2O2S/c1-10(2)19(17,18)16-8-13-12-6-4-3-5-11(12)7-15-14(13)9-16/h3-6,10,13-15H,7-9H2,1-2H3/t13-,14+/m0/s1. The first-order chi connectivity index (χ1) is 9.00. The summed E-state index contributed by atoms with van der Waals surface area (Å²) in [6.07, 6.45) is 0. The Kier molecular flexibility index (Phi) is 3.15. The lowest BCUT2D eigenvalue weighted by atomic mass is 9.87. The van der Waals surface area contributed by atoms with Crippen LogP contribution in [0, 0.1) is 0 Å². The smallest absolute Gasteiger partial charge is 0.216 e. The third-order valence-corrected chi connectivity index (χ3v) is 6.46. The van der Waals surface area contributed by atoms with Crippen molar-refractivity contribution in [1.29, 1.82) is 0 Å². The van der Waals surface area contributed by atoms with Gasteiger partial charge in [0.05, 0.1) is 5.25 Å². The van der Waals surface area contributed by atoms with Crippen LogP contribution in [-0.2, 0) is 16.6 Å². The molecule has 3 rings (SSSR count). The molecule has 0 amide bonds. The van der Waals surface area contributed by atoms with E-state index < -0.39 is 10.0 Å². The third kappa shape index (κ3) is 2.10. The lowest BCUT2D eigenvalue weighted by molar-refractivity contribution is 0.446. The minimum atomic E-state index is -3.14. The van der Waals surface area contributed by atoms with Gasteiger partial charge in [0.25, 0.3) is 0 Å². The van der Waals surface area contributed by atoms with E-state index in [2.05, 4.69) is 17.4 Å². The van der Waals surface area contributed by atoms with Crippen LogP contribution >= 0.6 is 0 Å². The van der Waals surface area contributed by atoms with E-state index in [4.69, 9.17) is 0 Å². The molecular formula is C14H20N2O2S. The van der Waals surface area contributed by atoms with E-state index in [9.17, 15) is 8.42 Å². The van der Waals surface area contributed by atoms with Crippen LogP contribution in [0.2, 0.25) is 0 Å². The fraction of sp³-hybridized carbons (Fsp3) is 0.571. The molecule has 1 aromatic carbocycles. The van der Waals surface area contributed by atoms with Crippen LogP contribution in [-0.4, -0.2) is 37.1 Å². The number of nitrogens with zero attached hydrogens (tertiary/aromatic N) is 1. The number of nitrogens with one attached hydrogen (secondary N) is 1. The van der Waals surface area contributed by atoms with E-state index >= 15 is 0 Å². The normalized spacial score (nSPS) is 27.3. The Labute approximate surface area is 114 Å². The Morgan fingerprint density at radius 2 is 2.00 bits per heavy atom. The summed E-state index contributed by atoms with van der Waals surface area (Å²) < 4.78 is 26.2. The Morgan fingerprint density at radius 1 is 1.26 bits per heavy atom. The van der Waals surface area contributed by atoms with E-state index in [1.165, 1.54) is 11.1 Å². The fourth-order valence-electron chi connectivity index (χ4n) is 3.09. The molecule has 2 aliphatic rings. The van der Waals surface area contributed by atoms with Crippen LogP contribution in [0.25, 0.3) is 0 Å². The minimum absolute atomic E-state index is 0.253. The van der Waals surface area contributed by atoms with Crippen molar-refractivity contribution in [3.63, 3.8) is 0 Å². The molecule has 0 aliphatic carbocycles. The summed E-state index contributed by atoms with van der Waals surface area (Å²) in [6, 6.07) is 8.60. The van der Waals surface area contributed by atoms with Gasteiger partial charge in [-0.25, -0.2) is 8.42 Å². The molecule has 104 valence electrons. The van der Waals surface area contributed by atoms with E-state index in [-0.39, 0.29) is 11.3 Å². The molecule has 19 heavy (non-hydrogen) atoms. The molecule has 2 aliphatic heterocycles. The second kappa shape index (κ2) is 4.58. The number of fused-ring (bicyclic) bond motifs is 3. The summed E-state index contributed by atoms with van der Waals surface area (Å²) >= 11 is 0. The van der Waals surface area contributed by atoms with Gasteiger partial charge in [-0.15, -0.1) is 0 Å². The average Bonchev–Trinajstić information content (AvgIpc) is 2.83. The highest BCUT2D eigenvalue weighted by atomic mass is 32.2. The monoisotopic (exact) mass is 280 g/mol. The first-order valence-corrected chi connectivity index (χ1v) is 8.30. The van der Waals surface area contributed by atoms with Crippen molar-refractivity contribution in [2.24, 2.45) is 0 Å². The first kappa shape index (κ1) is 13.1. The maximum Gasteiger partial charge on any atom is 0.216 e. The predicted octanol–water partition coefficient (Wildman–Crippen LogP) is 1.30. The maximum absolute atomic E-state index is 12.3. The number of hydrogen-bond acceptors (Lipinski definition) is 3. The van der Waals surface area contributed by atoms with Gasteiger partial charge >= 0.3 is 0 Å². The SMILES string of the molecule is CC(C)S(=O)(=O)N1C[C@H]2NCc3ccccc3[C@@H]2C1. The lowest BCUT2D eigenvalue weighted by Crippen LogP contribution is -2.40. The van der Waals surface area contributed by atoms with Gasteiger partial charge in [0, 0.05) is 31.6 Å². The zero-order valence-corrected chi connectivity index (χ0v) is 12.2. The Bertz CT molecular complexity index is 583. The summed E-state index contributed by atoms with van der Waals surface area (Å²) in [5.74, 6) is 0.290. The van der Waals surface area contributed by atoms with Crippen molar-refractivity contribution in [2.45, 2.75) is 37.6 Å². The zero-order valence-electron chi connectivity index (χ0n) is 11.3. The summed E-state index contributed by atoms with van der Waals surface area (Å²) in [5.41, 5.74) is 2.61. The second-order valence-corrected chi connectivity index (χ2v) is 8.19. The molecule has 1 saturated heterocycles. The highest BCUT2D eigenvalue weighted by Crippen LogP contribution is 2.35. The molecule has 0 unspecified atom stereocenters. The van der Waals surface area contributed by atoms with Gasteiger partial charge in [0.1, 0.15) is 0 Å². The number of hydrogen-bond donors (Lipinski definition) is 1. The Balaban J connectivity index is 1.90. The maximum atomic E-state index is 12.3. The van der Waals surface area contributed by atoms with E-state index in [1.807, 2.05) is 12.1 Å². The highest BCUT2D eigenvalue weighted by molar-refractivity contribution is 7.89. The van der Waals surface area contributed by atoms with Gasteiger partial charge in [0.15, 0.2) is 0 Å². The molecule has 2 heterocycles. The number of rotatable bonds is 2. The quantitative estimate of drug-likeness (QED) is 0.888. The summed E-state index contributed by atoms with van der Waals surface area (Å²) in [7, 11) is -3.14. The molecule has 1 fully saturated rings. The molecule has 0 bridgehead atoms. The molecule has 2 atom stereocenters. The second-order valence-electron chi connectivity index (χ2n) is 5.70. The minimum Gasteiger partial charge on any atom is -0.308 e. The molecular weight excluding hydrogens is 260 g/mol. The molecule has 1 aromatic rings. The fourth-order valence-corrected chi connectivity index (χ4v) is 4.43. The summed E-state index contributed by atoms with van der Waals surface area (Å²) in [6.45, 7) is 5.54. The predicted molar refractivity (Wildman–Crippen MR) is 75.4 cm³/mol.